The molecule has 0 heterocycles. The normalized spacial score (nSPS) is 11.7. The second-order valence-electron chi connectivity index (χ2n) is 3.38. The van der Waals surface area contributed by atoms with E-state index in [4.69, 9.17) is 4.72 Å². The third kappa shape index (κ3) is 2.27. The van der Waals surface area contributed by atoms with E-state index in [-0.39, 0.29) is 0 Å². The molecule has 0 aromatic rings. The quantitative estimate of drug-likeness (QED) is 0.623. The van der Waals surface area contributed by atoms with Crippen LogP contribution in [0.2, 0.25) is 9.56 Å². The van der Waals surface area contributed by atoms with Crippen molar-refractivity contribution in [3.8, 4) is 0 Å². The Labute approximate surface area is 69.6 Å². The molecule has 0 aromatic carbocycles. The van der Waals surface area contributed by atoms with Crippen LogP contribution >= 0.6 is 0 Å². The first-order chi connectivity index (χ1) is 4.60. The van der Waals surface area contributed by atoms with Crippen molar-refractivity contribution in [2.45, 2.75) is 50.1 Å². The first-order valence-corrected chi connectivity index (χ1v) is 6.42. The van der Waals surface area contributed by atoms with E-state index in [1.54, 1.807) is 0 Å². The predicted molar refractivity (Wildman–Crippen MR) is 49.4 cm³/mol. The highest BCUT2D eigenvalue weighted by molar-refractivity contribution is 6.58. The maximum atomic E-state index is 6.11. The van der Waals surface area contributed by atoms with Crippen LogP contribution in [-0.4, -0.2) is 14.4 Å². The molecule has 1 nitrogen and oxygen atoms in total. The second kappa shape index (κ2) is 4.39. The van der Waals surface area contributed by atoms with Crippen molar-refractivity contribution in [2.24, 2.45) is 4.72 Å². The van der Waals surface area contributed by atoms with Gasteiger partial charge in [0.05, 0.1) is 0 Å². The Morgan fingerprint density at radius 2 is 1.60 bits per heavy atom. The smallest absolute Gasteiger partial charge is 0.373 e. The van der Waals surface area contributed by atoms with Gasteiger partial charge >= 0.3 is 14.4 Å². The van der Waals surface area contributed by atoms with Crippen molar-refractivity contribution in [2.75, 3.05) is 0 Å². The maximum absolute atomic E-state index is 6.11. The average molecular weight is 157 g/mol. The Bertz CT molecular complexity index is 89.3. The van der Waals surface area contributed by atoms with Crippen LogP contribution in [0.3, 0.4) is 0 Å². The minimum Gasteiger partial charge on any atom is -0.412 e. The van der Waals surface area contributed by atoms with Crippen LogP contribution in [0.15, 0.2) is 0 Å². The molecule has 0 amide bonds. The largest absolute Gasteiger partial charge is 0.412 e. The Kier molecular flexibility index (Phi) is 4.60. The SMILES string of the molecule is C[CH2][Al]([NH2])[C](C)(CC)CC. The summed E-state index contributed by atoms with van der Waals surface area (Å²) in [6.07, 6.45) is 2.51. The summed E-state index contributed by atoms with van der Waals surface area (Å²) in [5.74, 6) is 0. The highest BCUT2D eigenvalue weighted by Crippen LogP contribution is 2.36. The summed E-state index contributed by atoms with van der Waals surface area (Å²) in [4.78, 5) is 0. The summed E-state index contributed by atoms with van der Waals surface area (Å²) in [6.45, 7) is 9.08. The van der Waals surface area contributed by atoms with Crippen molar-refractivity contribution < 1.29 is 0 Å². The van der Waals surface area contributed by atoms with E-state index in [0.717, 1.165) is 0 Å². The Morgan fingerprint density at radius 1 is 1.20 bits per heavy atom. The fourth-order valence-electron chi connectivity index (χ4n) is 1.27. The molecule has 10 heavy (non-hydrogen) atoms. The van der Waals surface area contributed by atoms with Gasteiger partial charge in [0.1, 0.15) is 0 Å². The van der Waals surface area contributed by atoms with Gasteiger partial charge < -0.3 is 4.72 Å². The van der Waals surface area contributed by atoms with Crippen LogP contribution < -0.4 is 4.72 Å². The van der Waals surface area contributed by atoms with Gasteiger partial charge in [-0.15, -0.1) is 0 Å². The van der Waals surface area contributed by atoms with Crippen LogP contribution in [0, 0.1) is 0 Å². The number of nitrogens with two attached hydrogens (primary N) is 1. The number of rotatable bonds is 4. The van der Waals surface area contributed by atoms with Crippen molar-refractivity contribution >= 4 is 14.4 Å². The number of hydrogen-bond donors (Lipinski definition) is 1. The minimum absolute atomic E-state index is 0.509. The molecule has 0 fully saturated rings. The lowest BCUT2D eigenvalue weighted by Gasteiger charge is -2.28. The highest BCUT2D eigenvalue weighted by atomic mass is 27.2. The first-order valence-electron chi connectivity index (χ1n) is 4.36. The summed E-state index contributed by atoms with van der Waals surface area (Å²) >= 11 is -0.911. The summed E-state index contributed by atoms with van der Waals surface area (Å²) in [5.41, 5.74) is 0. The Morgan fingerprint density at radius 3 is 1.70 bits per heavy atom. The fraction of sp³-hybridized carbons (Fsp3) is 1.00. The van der Waals surface area contributed by atoms with Crippen LogP contribution in [0.25, 0.3) is 0 Å². The number of hydrogen-bond acceptors (Lipinski definition) is 1. The molecule has 0 spiro atoms. The van der Waals surface area contributed by atoms with Gasteiger partial charge in [0, 0.05) is 0 Å². The second-order valence-corrected chi connectivity index (χ2v) is 6.80. The van der Waals surface area contributed by atoms with Crippen LogP contribution in [0.4, 0.5) is 0 Å². The molecule has 0 radical (unpaired) electrons. The van der Waals surface area contributed by atoms with E-state index < -0.39 is 14.4 Å². The van der Waals surface area contributed by atoms with E-state index in [1.165, 1.54) is 18.1 Å². The molecular formula is C8H20AlN. The molecule has 0 aliphatic rings. The zero-order valence-corrected chi connectivity index (χ0v) is 8.93. The molecule has 2 heteroatoms. The van der Waals surface area contributed by atoms with Gasteiger partial charge in [0.15, 0.2) is 0 Å². The van der Waals surface area contributed by atoms with Gasteiger partial charge in [-0.1, -0.05) is 50.1 Å². The standard InChI is InChI=1S/C6H13.C2H5.Al.H2N/c1-4-6(3)5-2;1-2;;/h4-5H2,1-3H3;1H2,2H3;;1H2/q;;+1;-1. The van der Waals surface area contributed by atoms with Crippen molar-refractivity contribution in [1.82, 2.24) is 0 Å². The monoisotopic (exact) mass is 157 g/mol. The molecular weight excluding hydrogens is 137 g/mol. The molecule has 0 saturated carbocycles. The van der Waals surface area contributed by atoms with E-state index in [9.17, 15) is 0 Å². The topological polar surface area (TPSA) is 26.0 Å². The minimum atomic E-state index is -0.911. The molecule has 60 valence electrons. The summed E-state index contributed by atoms with van der Waals surface area (Å²) in [6, 6.07) is 0. The first kappa shape index (κ1) is 10.5. The van der Waals surface area contributed by atoms with E-state index in [2.05, 4.69) is 27.7 Å². The molecule has 0 saturated heterocycles. The molecule has 2 N–H and O–H groups in total. The molecule has 0 bridgehead atoms. The maximum Gasteiger partial charge on any atom is 0.373 e. The summed E-state index contributed by atoms with van der Waals surface area (Å²) in [7, 11) is 0. The molecule has 0 unspecified atom stereocenters. The fourth-order valence-corrected chi connectivity index (χ4v) is 3.30. The van der Waals surface area contributed by atoms with E-state index in [0.29, 0.717) is 4.28 Å². The molecule has 0 rings (SSSR count). The lowest BCUT2D eigenvalue weighted by molar-refractivity contribution is 0.549. The molecule has 0 aromatic heterocycles. The lowest BCUT2D eigenvalue weighted by atomic mass is 10.1. The Hall–Kier alpha value is 0.492. The van der Waals surface area contributed by atoms with Crippen molar-refractivity contribution in [3.05, 3.63) is 0 Å². The van der Waals surface area contributed by atoms with Gasteiger partial charge in [-0.05, 0) is 0 Å². The summed E-state index contributed by atoms with van der Waals surface area (Å²) in [5, 5.41) is 1.23. The van der Waals surface area contributed by atoms with Crippen molar-refractivity contribution in [3.63, 3.8) is 0 Å². The zero-order chi connectivity index (χ0) is 8.20. The van der Waals surface area contributed by atoms with Gasteiger partial charge in [-0.25, -0.2) is 0 Å². The Balaban J connectivity index is 4.02. The van der Waals surface area contributed by atoms with Crippen LogP contribution in [0.5, 0.6) is 0 Å². The average Bonchev–Trinajstić information content (AvgIpc) is 2.01. The molecule has 0 aliphatic heterocycles. The molecule has 0 aliphatic carbocycles. The molecule has 0 atom stereocenters. The third-order valence-corrected chi connectivity index (χ3v) is 6.44. The lowest BCUT2D eigenvalue weighted by Crippen LogP contribution is -2.37. The van der Waals surface area contributed by atoms with Gasteiger partial charge in [0.25, 0.3) is 0 Å². The van der Waals surface area contributed by atoms with Crippen molar-refractivity contribution in [1.29, 1.82) is 0 Å². The van der Waals surface area contributed by atoms with E-state index >= 15 is 0 Å². The highest BCUT2D eigenvalue weighted by Gasteiger charge is 2.32. The van der Waals surface area contributed by atoms with E-state index in [1.807, 2.05) is 0 Å². The van der Waals surface area contributed by atoms with Gasteiger partial charge in [0.2, 0.25) is 0 Å². The van der Waals surface area contributed by atoms with Crippen LogP contribution in [0.1, 0.15) is 40.5 Å². The third-order valence-electron chi connectivity index (χ3n) is 2.95. The predicted octanol–water partition coefficient (Wildman–Crippen LogP) is 2.54. The van der Waals surface area contributed by atoms with Crippen LogP contribution in [-0.2, 0) is 0 Å². The summed E-state index contributed by atoms with van der Waals surface area (Å²) < 4.78 is 6.62. The zero-order valence-electron chi connectivity index (χ0n) is 7.78. The van der Waals surface area contributed by atoms with Gasteiger partial charge in [-0.3, -0.25) is 0 Å². The van der Waals surface area contributed by atoms with Gasteiger partial charge in [-0.2, -0.15) is 0 Å².